The van der Waals surface area contributed by atoms with Crippen molar-refractivity contribution >= 4 is 17.8 Å². The Morgan fingerprint density at radius 3 is 2.52 bits per heavy atom. The molecule has 2 N–H and O–H groups in total. The van der Waals surface area contributed by atoms with Crippen LogP contribution in [0.4, 0.5) is 4.79 Å². The molecule has 8 heteroatoms. The third kappa shape index (κ3) is 4.08. The van der Waals surface area contributed by atoms with Gasteiger partial charge in [0.25, 0.3) is 0 Å². The first-order valence-electron chi connectivity index (χ1n) is 7.99. The maximum absolute atomic E-state index is 12.5. The fourth-order valence-corrected chi connectivity index (χ4v) is 2.63. The van der Waals surface area contributed by atoms with Gasteiger partial charge in [-0.05, 0) is 13.5 Å². The first kappa shape index (κ1) is 17.4. The van der Waals surface area contributed by atoms with Gasteiger partial charge in [0, 0.05) is 38.4 Å². The van der Waals surface area contributed by atoms with Crippen molar-refractivity contribution in [1.82, 2.24) is 25.6 Å². The molecular formula is C15H25N5O3. The molecule has 0 aromatic carbocycles. The average Bonchev–Trinajstić information content (AvgIpc) is 2.49. The second kappa shape index (κ2) is 7.56. The van der Waals surface area contributed by atoms with E-state index in [9.17, 15) is 14.4 Å². The van der Waals surface area contributed by atoms with E-state index in [0.29, 0.717) is 18.7 Å². The molecular weight excluding hydrogens is 298 g/mol. The highest BCUT2D eigenvalue weighted by atomic mass is 16.2. The number of likely N-dealkylation sites (N-methyl/N-ethyl adjacent to an activating group) is 1. The zero-order chi connectivity index (χ0) is 17.0. The van der Waals surface area contributed by atoms with E-state index in [1.165, 1.54) is 0 Å². The number of urea groups is 1. The summed E-state index contributed by atoms with van der Waals surface area (Å²) < 4.78 is 0. The summed E-state index contributed by atoms with van der Waals surface area (Å²) in [7, 11) is 2.04. The minimum atomic E-state index is -1.07. The maximum atomic E-state index is 12.5. The van der Waals surface area contributed by atoms with Crippen molar-refractivity contribution in [1.29, 1.82) is 0 Å². The number of nitrogens with one attached hydrogen (secondary N) is 2. The van der Waals surface area contributed by atoms with Crippen molar-refractivity contribution in [2.75, 3.05) is 39.8 Å². The number of nitrogens with zero attached hydrogens (tertiary/aromatic N) is 3. The minimum Gasteiger partial charge on any atom is -0.322 e. The number of hydrogen-bond donors (Lipinski definition) is 2. The molecule has 2 fully saturated rings. The fraction of sp³-hybridized carbons (Fsp3) is 0.667. The summed E-state index contributed by atoms with van der Waals surface area (Å²) in [5, 5.41) is 4.18. The van der Waals surface area contributed by atoms with E-state index in [-0.39, 0.29) is 0 Å². The van der Waals surface area contributed by atoms with Gasteiger partial charge in [-0.1, -0.05) is 19.9 Å². The van der Waals surface area contributed by atoms with Crippen LogP contribution in [0.1, 0.15) is 19.8 Å². The number of carbonyl (C=O) groups is 3. The molecule has 0 saturated carbocycles. The van der Waals surface area contributed by atoms with Crippen LogP contribution in [-0.4, -0.2) is 72.4 Å². The molecule has 8 nitrogen and oxygen atoms in total. The zero-order valence-corrected chi connectivity index (χ0v) is 13.8. The molecule has 0 aromatic heterocycles. The van der Waals surface area contributed by atoms with Gasteiger partial charge in [0.1, 0.15) is 0 Å². The van der Waals surface area contributed by atoms with Gasteiger partial charge in [-0.3, -0.25) is 19.8 Å². The maximum Gasteiger partial charge on any atom is 0.330 e. The Labute approximate surface area is 136 Å². The van der Waals surface area contributed by atoms with E-state index in [4.69, 9.17) is 0 Å². The molecule has 23 heavy (non-hydrogen) atoms. The summed E-state index contributed by atoms with van der Waals surface area (Å²) in [5.74, 6) is -2.18. The van der Waals surface area contributed by atoms with E-state index >= 15 is 0 Å². The Morgan fingerprint density at radius 2 is 1.91 bits per heavy atom. The van der Waals surface area contributed by atoms with Crippen molar-refractivity contribution in [3.05, 3.63) is 12.3 Å². The van der Waals surface area contributed by atoms with Gasteiger partial charge >= 0.3 is 6.03 Å². The molecule has 0 radical (unpaired) electrons. The van der Waals surface area contributed by atoms with Crippen LogP contribution < -0.4 is 10.7 Å². The SMILES string of the molecule is C=C(NN1CCN(C)CC1)[C@@H]1C(=O)NC(=O)N(CCCC)C1=O. The summed E-state index contributed by atoms with van der Waals surface area (Å²) in [6.07, 6.45) is 1.56. The Morgan fingerprint density at radius 1 is 1.26 bits per heavy atom. The van der Waals surface area contributed by atoms with Gasteiger partial charge in [-0.25, -0.2) is 9.80 Å². The molecule has 0 spiro atoms. The standard InChI is InChI=1S/C15H25N5O3/c1-4-5-6-20-14(22)12(13(21)16-15(20)23)11(2)17-19-9-7-18(3)8-10-19/h12,17H,2,4-10H2,1,3H3,(H,16,21,23)/t12-/m1/s1. The summed E-state index contributed by atoms with van der Waals surface area (Å²) in [6, 6.07) is -0.642. The Hall–Kier alpha value is -1.93. The molecule has 0 bridgehead atoms. The molecule has 0 unspecified atom stereocenters. The number of hydrazine groups is 1. The molecule has 128 valence electrons. The molecule has 0 aliphatic carbocycles. The summed E-state index contributed by atoms with van der Waals surface area (Å²) in [6.45, 7) is 9.47. The van der Waals surface area contributed by atoms with Gasteiger partial charge in [-0.2, -0.15) is 0 Å². The highest BCUT2D eigenvalue weighted by Crippen LogP contribution is 2.17. The lowest BCUT2D eigenvalue weighted by molar-refractivity contribution is -0.141. The second-order valence-corrected chi connectivity index (χ2v) is 6.00. The van der Waals surface area contributed by atoms with Crippen LogP contribution in [-0.2, 0) is 9.59 Å². The summed E-state index contributed by atoms with van der Waals surface area (Å²) in [4.78, 5) is 39.7. The summed E-state index contributed by atoms with van der Waals surface area (Å²) in [5.41, 5.74) is 3.37. The third-order valence-electron chi connectivity index (χ3n) is 4.14. The molecule has 0 aromatic rings. The van der Waals surface area contributed by atoms with Gasteiger partial charge in [0.05, 0.1) is 0 Å². The van der Waals surface area contributed by atoms with Crippen molar-refractivity contribution in [3.8, 4) is 0 Å². The number of imide groups is 2. The monoisotopic (exact) mass is 323 g/mol. The van der Waals surface area contributed by atoms with E-state index in [1.54, 1.807) is 0 Å². The van der Waals surface area contributed by atoms with E-state index in [2.05, 4.69) is 22.2 Å². The van der Waals surface area contributed by atoms with Crippen molar-refractivity contribution in [2.24, 2.45) is 5.92 Å². The predicted molar refractivity (Wildman–Crippen MR) is 85.0 cm³/mol. The van der Waals surface area contributed by atoms with Crippen LogP contribution in [0.15, 0.2) is 12.3 Å². The number of unbranched alkanes of at least 4 members (excludes halogenated alkanes) is 1. The van der Waals surface area contributed by atoms with Crippen LogP contribution in [0, 0.1) is 5.92 Å². The Kier molecular flexibility index (Phi) is 5.73. The highest BCUT2D eigenvalue weighted by Gasteiger charge is 2.42. The number of amides is 4. The van der Waals surface area contributed by atoms with Gasteiger partial charge in [0.15, 0.2) is 5.92 Å². The minimum absolute atomic E-state index is 0.311. The molecule has 4 amide bonds. The fourth-order valence-electron chi connectivity index (χ4n) is 2.63. The van der Waals surface area contributed by atoms with Gasteiger partial charge in [-0.15, -0.1) is 0 Å². The van der Waals surface area contributed by atoms with Crippen molar-refractivity contribution in [3.63, 3.8) is 0 Å². The number of carbonyl (C=O) groups excluding carboxylic acids is 3. The lowest BCUT2D eigenvalue weighted by Crippen LogP contribution is -2.60. The Bertz CT molecular complexity index is 499. The zero-order valence-electron chi connectivity index (χ0n) is 13.8. The van der Waals surface area contributed by atoms with Gasteiger partial charge in [0.2, 0.25) is 11.8 Å². The molecule has 2 rings (SSSR count). The topological polar surface area (TPSA) is 85.0 Å². The average molecular weight is 323 g/mol. The molecule has 2 aliphatic heterocycles. The normalized spacial score (nSPS) is 23.8. The smallest absolute Gasteiger partial charge is 0.322 e. The van der Waals surface area contributed by atoms with E-state index in [1.807, 2.05) is 19.0 Å². The number of hydrogen-bond acceptors (Lipinski definition) is 6. The quantitative estimate of drug-likeness (QED) is 0.656. The highest BCUT2D eigenvalue weighted by molar-refractivity contribution is 6.17. The number of barbiturate groups is 1. The van der Waals surface area contributed by atoms with Crippen LogP contribution in [0.2, 0.25) is 0 Å². The van der Waals surface area contributed by atoms with Crippen LogP contribution in [0.5, 0.6) is 0 Å². The summed E-state index contributed by atoms with van der Waals surface area (Å²) >= 11 is 0. The van der Waals surface area contributed by atoms with Crippen LogP contribution >= 0.6 is 0 Å². The largest absolute Gasteiger partial charge is 0.330 e. The van der Waals surface area contributed by atoms with Crippen LogP contribution in [0.3, 0.4) is 0 Å². The lowest BCUT2D eigenvalue weighted by atomic mass is 10.0. The first-order chi connectivity index (χ1) is 10.9. The third-order valence-corrected chi connectivity index (χ3v) is 4.14. The molecule has 2 heterocycles. The van der Waals surface area contributed by atoms with E-state index in [0.717, 1.165) is 37.5 Å². The first-order valence-corrected chi connectivity index (χ1v) is 7.99. The second-order valence-electron chi connectivity index (χ2n) is 6.00. The van der Waals surface area contributed by atoms with E-state index < -0.39 is 23.8 Å². The predicted octanol–water partition coefficient (Wildman–Crippen LogP) is -0.253. The van der Waals surface area contributed by atoms with Crippen LogP contribution in [0.25, 0.3) is 0 Å². The Balaban J connectivity index is 2.01. The molecule has 2 saturated heterocycles. The van der Waals surface area contributed by atoms with Gasteiger partial charge < -0.3 is 10.3 Å². The molecule has 2 aliphatic rings. The van der Waals surface area contributed by atoms with Crippen molar-refractivity contribution in [2.45, 2.75) is 19.8 Å². The number of piperazine rings is 1. The lowest BCUT2D eigenvalue weighted by Gasteiger charge is -2.36. The van der Waals surface area contributed by atoms with Crippen molar-refractivity contribution < 1.29 is 14.4 Å². The molecule has 1 atom stereocenters. The number of rotatable bonds is 6.